The van der Waals surface area contributed by atoms with Gasteiger partial charge in [-0.05, 0) is 6.42 Å². The van der Waals surface area contributed by atoms with Gasteiger partial charge in [-0.3, -0.25) is 0 Å². The maximum atomic E-state index is 14.0. The summed E-state index contributed by atoms with van der Waals surface area (Å²) < 4.78 is 45.5. The quantitative estimate of drug-likeness (QED) is 0.776. The Balaban J connectivity index is 3.21. The minimum Gasteiger partial charge on any atom is -0.493 e. The summed E-state index contributed by atoms with van der Waals surface area (Å²) in [4.78, 5) is 0. The first kappa shape index (κ1) is 12.2. The van der Waals surface area contributed by atoms with Crippen LogP contribution in [0.2, 0.25) is 0 Å². The molecule has 0 unspecified atom stereocenters. The molecular weight excluding hydrogens is 207 g/mol. The van der Waals surface area contributed by atoms with Gasteiger partial charge in [-0.2, -0.15) is 8.78 Å². The van der Waals surface area contributed by atoms with Gasteiger partial charge >= 0.3 is 0 Å². The number of hydrogen-bond acceptors (Lipinski definition) is 2. The van der Waals surface area contributed by atoms with Gasteiger partial charge in [0.2, 0.25) is 0 Å². The van der Waals surface area contributed by atoms with Crippen LogP contribution in [0.25, 0.3) is 0 Å². The van der Waals surface area contributed by atoms with Crippen molar-refractivity contribution in [2.45, 2.75) is 26.2 Å². The van der Waals surface area contributed by atoms with Crippen LogP contribution in [0.1, 0.15) is 20.3 Å². The standard InChI is InChI=1S/C10H16F3NO/c1-9(2)4-5-15-7(6-11)8(14-3)10(9,12)13/h14H,4-6H2,1-3H3. The largest absolute Gasteiger partial charge is 0.493 e. The van der Waals surface area contributed by atoms with Crippen LogP contribution in [0.15, 0.2) is 11.5 Å². The SMILES string of the molecule is CNC1=C(CF)OCCC(C)(C)C1(F)F. The van der Waals surface area contributed by atoms with E-state index in [4.69, 9.17) is 4.74 Å². The van der Waals surface area contributed by atoms with Gasteiger partial charge in [0.05, 0.1) is 6.61 Å². The average Bonchev–Trinajstić information content (AvgIpc) is 2.22. The van der Waals surface area contributed by atoms with E-state index in [1.54, 1.807) is 0 Å². The van der Waals surface area contributed by atoms with Crippen molar-refractivity contribution in [1.82, 2.24) is 5.32 Å². The summed E-state index contributed by atoms with van der Waals surface area (Å²) in [6.07, 6.45) is 0.189. The number of nitrogens with one attached hydrogen (secondary N) is 1. The monoisotopic (exact) mass is 223 g/mol. The van der Waals surface area contributed by atoms with Gasteiger partial charge in [0.15, 0.2) is 5.76 Å². The molecule has 1 aliphatic heterocycles. The fraction of sp³-hybridized carbons (Fsp3) is 0.800. The highest BCUT2D eigenvalue weighted by Crippen LogP contribution is 2.46. The summed E-state index contributed by atoms with van der Waals surface area (Å²) in [6, 6.07) is 0. The van der Waals surface area contributed by atoms with Crippen molar-refractivity contribution >= 4 is 0 Å². The van der Waals surface area contributed by atoms with Gasteiger partial charge in [0.1, 0.15) is 12.4 Å². The van der Waals surface area contributed by atoms with Crippen LogP contribution >= 0.6 is 0 Å². The maximum absolute atomic E-state index is 14.0. The molecular formula is C10H16F3NO. The molecule has 1 rings (SSSR count). The molecule has 0 aliphatic carbocycles. The molecule has 0 radical (unpaired) electrons. The highest BCUT2D eigenvalue weighted by atomic mass is 19.3. The van der Waals surface area contributed by atoms with E-state index >= 15 is 0 Å². The Bertz CT molecular complexity index is 274. The van der Waals surface area contributed by atoms with E-state index in [9.17, 15) is 13.2 Å². The Morgan fingerprint density at radius 3 is 2.47 bits per heavy atom. The lowest BCUT2D eigenvalue weighted by atomic mass is 9.81. The van der Waals surface area contributed by atoms with Crippen LogP contribution in [-0.4, -0.2) is 26.3 Å². The Hall–Kier alpha value is -0.870. The summed E-state index contributed by atoms with van der Waals surface area (Å²) >= 11 is 0. The van der Waals surface area contributed by atoms with E-state index in [2.05, 4.69) is 5.32 Å². The van der Waals surface area contributed by atoms with E-state index < -0.39 is 23.7 Å². The molecule has 0 saturated carbocycles. The molecule has 0 bridgehead atoms. The second-order valence-electron chi connectivity index (χ2n) is 4.24. The lowest BCUT2D eigenvalue weighted by Crippen LogP contribution is -2.42. The summed E-state index contributed by atoms with van der Waals surface area (Å²) in [6.45, 7) is 2.01. The van der Waals surface area contributed by atoms with Crippen LogP contribution in [0, 0.1) is 5.41 Å². The van der Waals surface area contributed by atoms with Gasteiger partial charge < -0.3 is 10.1 Å². The van der Waals surface area contributed by atoms with Crippen molar-refractivity contribution in [3.63, 3.8) is 0 Å². The topological polar surface area (TPSA) is 21.3 Å². The third-order valence-electron chi connectivity index (χ3n) is 2.82. The van der Waals surface area contributed by atoms with Crippen LogP contribution in [0.3, 0.4) is 0 Å². The van der Waals surface area contributed by atoms with Gasteiger partial charge in [-0.15, -0.1) is 0 Å². The zero-order valence-corrected chi connectivity index (χ0v) is 9.16. The summed E-state index contributed by atoms with van der Waals surface area (Å²) in [7, 11) is 1.35. The van der Waals surface area contributed by atoms with E-state index in [-0.39, 0.29) is 18.8 Å². The van der Waals surface area contributed by atoms with Crippen LogP contribution < -0.4 is 5.32 Å². The van der Waals surface area contributed by atoms with Crippen LogP contribution in [0.4, 0.5) is 13.2 Å². The number of halogens is 3. The smallest absolute Gasteiger partial charge is 0.295 e. The Morgan fingerprint density at radius 2 is 2.00 bits per heavy atom. The average molecular weight is 223 g/mol. The molecule has 0 aromatic carbocycles. The molecule has 88 valence electrons. The first-order valence-electron chi connectivity index (χ1n) is 4.85. The van der Waals surface area contributed by atoms with E-state index in [0.717, 1.165) is 0 Å². The molecule has 0 aromatic rings. The summed E-state index contributed by atoms with van der Waals surface area (Å²) in [5.74, 6) is -3.38. The molecule has 1 N–H and O–H groups in total. The van der Waals surface area contributed by atoms with Crippen LogP contribution in [0.5, 0.6) is 0 Å². The van der Waals surface area contributed by atoms with Gasteiger partial charge in [-0.25, -0.2) is 4.39 Å². The molecule has 0 aromatic heterocycles. The van der Waals surface area contributed by atoms with E-state index in [0.29, 0.717) is 0 Å². The minimum absolute atomic E-state index is 0.118. The van der Waals surface area contributed by atoms with Crippen molar-refractivity contribution in [3.8, 4) is 0 Å². The molecule has 0 amide bonds. The summed E-state index contributed by atoms with van der Waals surface area (Å²) in [5.41, 5.74) is -1.67. The Kier molecular flexibility index (Phi) is 3.21. The Morgan fingerprint density at radius 1 is 1.40 bits per heavy atom. The van der Waals surface area contributed by atoms with Crippen LogP contribution in [-0.2, 0) is 4.74 Å². The van der Waals surface area contributed by atoms with Gasteiger partial charge in [0, 0.05) is 12.5 Å². The highest BCUT2D eigenvalue weighted by molar-refractivity contribution is 5.20. The van der Waals surface area contributed by atoms with Crippen molar-refractivity contribution in [3.05, 3.63) is 11.5 Å². The molecule has 2 nitrogen and oxygen atoms in total. The second-order valence-corrected chi connectivity index (χ2v) is 4.24. The molecule has 15 heavy (non-hydrogen) atoms. The molecule has 0 saturated heterocycles. The molecule has 0 atom stereocenters. The summed E-state index contributed by atoms with van der Waals surface area (Å²) in [5, 5.41) is 2.36. The zero-order valence-electron chi connectivity index (χ0n) is 9.16. The first-order valence-corrected chi connectivity index (χ1v) is 4.85. The van der Waals surface area contributed by atoms with E-state index in [1.807, 2.05) is 0 Å². The first-order chi connectivity index (χ1) is 6.86. The number of rotatable bonds is 2. The molecule has 1 aliphatic rings. The van der Waals surface area contributed by atoms with E-state index in [1.165, 1.54) is 20.9 Å². The predicted molar refractivity (Wildman–Crippen MR) is 51.4 cm³/mol. The Labute approximate surface area is 87.5 Å². The molecule has 5 heteroatoms. The third-order valence-corrected chi connectivity index (χ3v) is 2.82. The highest BCUT2D eigenvalue weighted by Gasteiger charge is 2.52. The van der Waals surface area contributed by atoms with Gasteiger partial charge in [-0.1, -0.05) is 13.8 Å². The van der Waals surface area contributed by atoms with Crippen molar-refractivity contribution in [2.75, 3.05) is 20.3 Å². The number of alkyl halides is 3. The number of ether oxygens (including phenoxy) is 1. The van der Waals surface area contributed by atoms with Gasteiger partial charge in [0.25, 0.3) is 5.92 Å². The molecule has 0 fully saturated rings. The van der Waals surface area contributed by atoms with Crippen molar-refractivity contribution in [2.24, 2.45) is 5.41 Å². The van der Waals surface area contributed by atoms with Crippen molar-refractivity contribution < 1.29 is 17.9 Å². The minimum atomic E-state index is -3.10. The number of allylic oxidation sites excluding steroid dienone is 2. The molecule has 1 heterocycles. The lowest BCUT2D eigenvalue weighted by molar-refractivity contribution is -0.0778. The predicted octanol–water partition coefficient (Wildman–Crippen LogP) is 2.47. The fourth-order valence-corrected chi connectivity index (χ4v) is 1.57. The number of hydrogen-bond donors (Lipinski definition) is 1. The third kappa shape index (κ3) is 1.92. The second kappa shape index (κ2) is 3.94. The lowest BCUT2D eigenvalue weighted by Gasteiger charge is -2.33. The molecule has 0 spiro atoms. The van der Waals surface area contributed by atoms with Crippen molar-refractivity contribution in [1.29, 1.82) is 0 Å². The maximum Gasteiger partial charge on any atom is 0.295 e. The normalized spacial score (nSPS) is 24.4. The zero-order chi connectivity index (χ0) is 11.7. The fourth-order valence-electron chi connectivity index (χ4n) is 1.57.